The average molecular weight is 458 g/mol. The highest BCUT2D eigenvalue weighted by Crippen LogP contribution is 2.46. The summed E-state index contributed by atoms with van der Waals surface area (Å²) >= 11 is 6.28. The van der Waals surface area contributed by atoms with Crippen molar-refractivity contribution in [1.29, 1.82) is 0 Å². The molecule has 1 fully saturated rings. The van der Waals surface area contributed by atoms with Crippen LogP contribution in [-0.4, -0.2) is 30.9 Å². The van der Waals surface area contributed by atoms with Crippen LogP contribution in [0.3, 0.4) is 0 Å². The zero-order chi connectivity index (χ0) is 23.0. The Morgan fingerprint density at radius 2 is 1.91 bits per heavy atom. The molecule has 0 unspecified atom stereocenters. The number of allylic oxidation sites excluding steroid dienone is 3. The molecule has 1 aromatic rings. The first-order chi connectivity index (χ1) is 15.3. The van der Waals surface area contributed by atoms with Gasteiger partial charge in [0.05, 0.1) is 12.7 Å². The SMILES string of the molecule is COC(=O)[C@@H]1C(=O)C2=C(C[C@@H]1C)NC(C)=C(C(=O)OC1CCCC1)[C@H]2c1cccc(Cl)c1. The van der Waals surface area contributed by atoms with Crippen molar-refractivity contribution in [3.8, 4) is 0 Å². The minimum atomic E-state index is -0.909. The van der Waals surface area contributed by atoms with Crippen LogP contribution in [0, 0.1) is 11.8 Å². The first-order valence-corrected chi connectivity index (χ1v) is 11.5. The number of rotatable bonds is 4. The number of carbonyl (C=O) groups excluding carboxylic acids is 3. The zero-order valence-corrected chi connectivity index (χ0v) is 19.3. The van der Waals surface area contributed by atoms with E-state index in [-0.39, 0.29) is 17.8 Å². The van der Waals surface area contributed by atoms with Gasteiger partial charge in [-0.1, -0.05) is 30.7 Å². The molecule has 3 aliphatic rings. The number of methoxy groups -OCH3 is 1. The molecule has 0 aromatic heterocycles. The fourth-order valence-electron chi connectivity index (χ4n) is 5.19. The Morgan fingerprint density at radius 1 is 1.19 bits per heavy atom. The van der Waals surface area contributed by atoms with E-state index in [9.17, 15) is 14.4 Å². The zero-order valence-electron chi connectivity index (χ0n) is 18.6. The van der Waals surface area contributed by atoms with Crippen molar-refractivity contribution in [3.63, 3.8) is 0 Å². The van der Waals surface area contributed by atoms with E-state index in [4.69, 9.17) is 21.1 Å². The van der Waals surface area contributed by atoms with E-state index in [1.807, 2.05) is 19.9 Å². The molecule has 170 valence electrons. The van der Waals surface area contributed by atoms with E-state index in [0.29, 0.717) is 28.3 Å². The van der Waals surface area contributed by atoms with E-state index in [1.165, 1.54) is 7.11 Å². The molecule has 0 saturated heterocycles. The van der Waals surface area contributed by atoms with E-state index in [2.05, 4.69) is 5.32 Å². The minimum Gasteiger partial charge on any atom is -0.468 e. The summed E-state index contributed by atoms with van der Waals surface area (Å²) in [6, 6.07) is 7.15. The lowest BCUT2D eigenvalue weighted by Crippen LogP contribution is -2.43. The van der Waals surface area contributed by atoms with Crippen molar-refractivity contribution in [2.45, 2.75) is 58.0 Å². The van der Waals surface area contributed by atoms with Crippen molar-refractivity contribution in [3.05, 3.63) is 57.4 Å². The maximum Gasteiger partial charge on any atom is 0.337 e. The van der Waals surface area contributed by atoms with E-state index >= 15 is 0 Å². The standard InChI is InChI=1S/C25H28ClNO5/c1-13-11-18-22(23(28)19(13)24(29)31-3)21(15-7-6-8-16(26)12-15)20(14(2)27-18)25(30)32-17-9-4-5-10-17/h6-8,12-13,17,19,21,27H,4-5,9-11H2,1-3H3/t13-,19-,21+/m0/s1. The Kier molecular flexibility index (Phi) is 6.42. The molecule has 3 atom stereocenters. The molecule has 7 heteroatoms. The summed E-state index contributed by atoms with van der Waals surface area (Å²) in [6.07, 6.45) is 4.17. The summed E-state index contributed by atoms with van der Waals surface area (Å²) in [4.78, 5) is 39.5. The van der Waals surface area contributed by atoms with Crippen LogP contribution in [-0.2, 0) is 23.9 Å². The summed E-state index contributed by atoms with van der Waals surface area (Å²) in [7, 11) is 1.29. The topological polar surface area (TPSA) is 81.7 Å². The second-order valence-corrected chi connectivity index (χ2v) is 9.34. The summed E-state index contributed by atoms with van der Waals surface area (Å²) in [5.74, 6) is -3.10. The van der Waals surface area contributed by atoms with Crippen molar-refractivity contribution in [2.75, 3.05) is 7.11 Å². The number of hydrogen-bond acceptors (Lipinski definition) is 6. The number of Topliss-reactive ketones (excluding diaryl/α,β-unsaturated/α-hetero) is 1. The van der Waals surface area contributed by atoms with E-state index in [0.717, 1.165) is 36.9 Å². The number of carbonyl (C=O) groups is 3. The molecule has 0 amide bonds. The monoisotopic (exact) mass is 457 g/mol. The lowest BCUT2D eigenvalue weighted by atomic mass is 9.69. The van der Waals surface area contributed by atoms with Gasteiger partial charge in [-0.15, -0.1) is 0 Å². The van der Waals surface area contributed by atoms with Crippen LogP contribution in [0.1, 0.15) is 57.4 Å². The largest absolute Gasteiger partial charge is 0.468 e. The molecule has 0 bridgehead atoms. The Labute approximate surface area is 193 Å². The van der Waals surface area contributed by atoms with Gasteiger partial charge < -0.3 is 14.8 Å². The van der Waals surface area contributed by atoms with Gasteiger partial charge in [0.25, 0.3) is 0 Å². The van der Waals surface area contributed by atoms with Crippen LogP contribution < -0.4 is 5.32 Å². The highest BCUT2D eigenvalue weighted by Gasteiger charge is 2.47. The van der Waals surface area contributed by atoms with Crippen molar-refractivity contribution >= 4 is 29.3 Å². The molecule has 1 heterocycles. The molecule has 1 aliphatic heterocycles. The van der Waals surface area contributed by atoms with Gasteiger partial charge in [-0.05, 0) is 62.6 Å². The Balaban J connectivity index is 1.81. The molecule has 32 heavy (non-hydrogen) atoms. The molecule has 4 rings (SSSR count). The molecular formula is C25H28ClNO5. The maximum atomic E-state index is 13.7. The van der Waals surface area contributed by atoms with Crippen LogP contribution in [0.25, 0.3) is 0 Å². The van der Waals surface area contributed by atoms with Gasteiger partial charge in [0.2, 0.25) is 0 Å². The van der Waals surface area contributed by atoms with Crippen molar-refractivity contribution in [1.82, 2.24) is 5.32 Å². The van der Waals surface area contributed by atoms with Gasteiger partial charge in [-0.25, -0.2) is 4.79 Å². The number of hydrogen-bond donors (Lipinski definition) is 1. The number of dihydropyridines is 1. The van der Waals surface area contributed by atoms with E-state index in [1.54, 1.807) is 18.2 Å². The lowest BCUT2D eigenvalue weighted by molar-refractivity contribution is -0.151. The Morgan fingerprint density at radius 3 is 2.56 bits per heavy atom. The lowest BCUT2D eigenvalue weighted by Gasteiger charge is -2.38. The van der Waals surface area contributed by atoms with E-state index < -0.39 is 23.8 Å². The van der Waals surface area contributed by atoms with Gasteiger partial charge in [-0.3, -0.25) is 9.59 Å². The third-order valence-corrected chi connectivity index (χ3v) is 6.96. The predicted molar refractivity (Wildman–Crippen MR) is 120 cm³/mol. The first-order valence-electron chi connectivity index (χ1n) is 11.1. The maximum absolute atomic E-state index is 13.7. The summed E-state index contributed by atoms with van der Waals surface area (Å²) in [5, 5.41) is 3.78. The summed E-state index contributed by atoms with van der Waals surface area (Å²) in [6.45, 7) is 3.69. The fraction of sp³-hybridized carbons (Fsp3) is 0.480. The Bertz CT molecular complexity index is 1020. The van der Waals surface area contributed by atoms with Crippen LogP contribution in [0.5, 0.6) is 0 Å². The molecule has 1 N–H and O–H groups in total. The quantitative estimate of drug-likeness (QED) is 0.531. The number of nitrogens with one attached hydrogen (secondary N) is 1. The minimum absolute atomic E-state index is 0.108. The number of halogens is 1. The second-order valence-electron chi connectivity index (χ2n) is 8.90. The van der Waals surface area contributed by atoms with Crippen LogP contribution in [0.2, 0.25) is 5.02 Å². The number of esters is 2. The molecule has 1 saturated carbocycles. The van der Waals surface area contributed by atoms with Gasteiger partial charge in [-0.2, -0.15) is 0 Å². The smallest absolute Gasteiger partial charge is 0.337 e. The number of ether oxygens (including phenoxy) is 2. The third kappa shape index (κ3) is 4.08. The predicted octanol–water partition coefficient (Wildman–Crippen LogP) is 4.44. The highest BCUT2D eigenvalue weighted by molar-refractivity contribution is 6.30. The van der Waals surface area contributed by atoms with Crippen LogP contribution >= 0.6 is 11.6 Å². The molecule has 0 spiro atoms. The normalized spacial score (nSPS) is 26.0. The van der Waals surface area contributed by atoms with Crippen molar-refractivity contribution < 1.29 is 23.9 Å². The Hall–Kier alpha value is -2.60. The fourth-order valence-corrected chi connectivity index (χ4v) is 5.39. The summed E-state index contributed by atoms with van der Waals surface area (Å²) < 4.78 is 10.8. The molecule has 2 aliphatic carbocycles. The number of benzene rings is 1. The van der Waals surface area contributed by atoms with Crippen LogP contribution in [0.15, 0.2) is 46.8 Å². The second kappa shape index (κ2) is 9.10. The molecule has 0 radical (unpaired) electrons. The van der Waals surface area contributed by atoms with Gasteiger partial charge in [0.1, 0.15) is 12.0 Å². The molecule has 6 nitrogen and oxygen atoms in total. The highest BCUT2D eigenvalue weighted by atomic mass is 35.5. The van der Waals surface area contributed by atoms with Gasteiger partial charge in [0.15, 0.2) is 5.78 Å². The first kappa shape index (κ1) is 22.6. The van der Waals surface area contributed by atoms with Crippen LogP contribution in [0.4, 0.5) is 0 Å². The van der Waals surface area contributed by atoms with Crippen molar-refractivity contribution in [2.24, 2.45) is 11.8 Å². The number of ketones is 1. The molecule has 1 aromatic carbocycles. The molecular weight excluding hydrogens is 430 g/mol. The van der Waals surface area contributed by atoms with Gasteiger partial charge >= 0.3 is 11.9 Å². The third-order valence-electron chi connectivity index (χ3n) is 6.72. The summed E-state index contributed by atoms with van der Waals surface area (Å²) in [5.41, 5.74) is 2.93. The average Bonchev–Trinajstić information content (AvgIpc) is 3.25. The van der Waals surface area contributed by atoms with Gasteiger partial charge in [0, 0.05) is 27.9 Å².